The van der Waals surface area contributed by atoms with Gasteiger partial charge in [0.1, 0.15) is 5.82 Å². The van der Waals surface area contributed by atoms with E-state index in [1.807, 2.05) is 23.7 Å². The summed E-state index contributed by atoms with van der Waals surface area (Å²) in [5.41, 5.74) is 3.70. The molecule has 0 saturated carbocycles. The van der Waals surface area contributed by atoms with Gasteiger partial charge in [0.05, 0.1) is 25.8 Å². The average molecular weight is 325 g/mol. The number of nitrogens with one attached hydrogen (secondary N) is 2. The number of aromatic nitrogens is 2. The number of benzene rings is 1. The van der Waals surface area contributed by atoms with E-state index in [0.29, 0.717) is 21.7 Å². The van der Waals surface area contributed by atoms with Crippen molar-refractivity contribution in [2.75, 3.05) is 17.7 Å². The summed E-state index contributed by atoms with van der Waals surface area (Å²) in [6.07, 6.45) is 0. The maximum absolute atomic E-state index is 6.16. The largest absolute Gasteiger partial charge is 0.372 e. The van der Waals surface area contributed by atoms with Crippen molar-refractivity contribution in [2.45, 2.75) is 0 Å². The van der Waals surface area contributed by atoms with E-state index in [4.69, 9.17) is 23.2 Å². The van der Waals surface area contributed by atoms with Gasteiger partial charge in [0.25, 0.3) is 0 Å². The summed E-state index contributed by atoms with van der Waals surface area (Å²) in [6.45, 7) is 0. The molecule has 0 atom stereocenters. The summed E-state index contributed by atoms with van der Waals surface area (Å²) >= 11 is 13.8. The standard InChI is InChI=1S/C13H10Cl2N4S/c1-16-12-8(14)5-9(15)13(19-12)18-7-2-3-10-11(4-7)20-6-17-10/h2-6H,1H3,(H2,16,18,19). The minimum Gasteiger partial charge on any atom is -0.372 e. The molecule has 0 amide bonds. The van der Waals surface area contributed by atoms with Gasteiger partial charge in [-0.2, -0.15) is 0 Å². The molecule has 0 saturated heterocycles. The second-order valence-electron chi connectivity index (χ2n) is 4.06. The van der Waals surface area contributed by atoms with Crippen LogP contribution in [-0.4, -0.2) is 17.0 Å². The molecule has 1 aromatic carbocycles. The van der Waals surface area contributed by atoms with E-state index < -0.39 is 0 Å². The monoisotopic (exact) mass is 324 g/mol. The number of rotatable bonds is 3. The van der Waals surface area contributed by atoms with E-state index in [9.17, 15) is 0 Å². The van der Waals surface area contributed by atoms with Crippen molar-refractivity contribution in [3.05, 3.63) is 39.8 Å². The summed E-state index contributed by atoms with van der Waals surface area (Å²) in [6, 6.07) is 7.57. The normalized spacial score (nSPS) is 10.8. The van der Waals surface area contributed by atoms with Gasteiger partial charge in [0.15, 0.2) is 5.82 Å². The highest BCUT2D eigenvalue weighted by Gasteiger charge is 2.09. The molecule has 2 aromatic heterocycles. The number of hydrogen-bond acceptors (Lipinski definition) is 5. The van der Waals surface area contributed by atoms with Gasteiger partial charge in [-0.25, -0.2) is 9.97 Å². The van der Waals surface area contributed by atoms with Crippen LogP contribution in [-0.2, 0) is 0 Å². The number of anilines is 3. The van der Waals surface area contributed by atoms with Crippen molar-refractivity contribution in [3.8, 4) is 0 Å². The van der Waals surface area contributed by atoms with Crippen LogP contribution in [0.1, 0.15) is 0 Å². The number of halogens is 2. The predicted molar refractivity (Wildman–Crippen MR) is 86.7 cm³/mol. The van der Waals surface area contributed by atoms with Gasteiger partial charge in [-0.1, -0.05) is 23.2 Å². The average Bonchev–Trinajstić information content (AvgIpc) is 2.89. The maximum Gasteiger partial charge on any atom is 0.151 e. The van der Waals surface area contributed by atoms with Crippen LogP contribution in [0.4, 0.5) is 17.3 Å². The van der Waals surface area contributed by atoms with E-state index in [1.54, 1.807) is 24.5 Å². The number of nitrogens with zero attached hydrogens (tertiary/aromatic N) is 2. The molecule has 2 N–H and O–H groups in total. The molecule has 0 bridgehead atoms. The van der Waals surface area contributed by atoms with E-state index in [0.717, 1.165) is 15.9 Å². The molecule has 0 aliphatic rings. The summed E-state index contributed by atoms with van der Waals surface area (Å²) in [7, 11) is 1.76. The van der Waals surface area contributed by atoms with Crippen LogP contribution in [0.15, 0.2) is 29.8 Å². The van der Waals surface area contributed by atoms with Crippen LogP contribution < -0.4 is 10.6 Å². The van der Waals surface area contributed by atoms with E-state index in [1.165, 1.54) is 0 Å². The molecular formula is C13H10Cl2N4S. The molecule has 0 aliphatic carbocycles. The number of hydrogen-bond donors (Lipinski definition) is 2. The number of fused-ring (bicyclic) bond motifs is 1. The Morgan fingerprint density at radius 2 is 1.90 bits per heavy atom. The van der Waals surface area contributed by atoms with E-state index in [-0.39, 0.29) is 0 Å². The van der Waals surface area contributed by atoms with Crippen molar-refractivity contribution in [1.82, 2.24) is 9.97 Å². The fraction of sp³-hybridized carbons (Fsp3) is 0.0769. The van der Waals surface area contributed by atoms with Gasteiger partial charge in [-0.15, -0.1) is 11.3 Å². The molecule has 3 rings (SSSR count). The fourth-order valence-electron chi connectivity index (χ4n) is 1.80. The zero-order chi connectivity index (χ0) is 14.1. The minimum atomic E-state index is 0.471. The van der Waals surface area contributed by atoms with Crippen molar-refractivity contribution in [3.63, 3.8) is 0 Å². The summed E-state index contributed by atoms with van der Waals surface area (Å²) < 4.78 is 1.11. The summed E-state index contributed by atoms with van der Waals surface area (Å²) in [5.74, 6) is 1.14. The lowest BCUT2D eigenvalue weighted by molar-refractivity contribution is 1.28. The Hall–Kier alpha value is -1.56. The van der Waals surface area contributed by atoms with Crippen LogP contribution in [0.5, 0.6) is 0 Å². The Morgan fingerprint density at radius 1 is 1.10 bits per heavy atom. The topological polar surface area (TPSA) is 49.8 Å². The Kier molecular flexibility index (Phi) is 3.65. The third kappa shape index (κ3) is 2.52. The SMILES string of the molecule is CNc1nc(Nc2ccc3ncsc3c2)c(Cl)cc1Cl. The number of thiazole rings is 1. The van der Waals surface area contributed by atoms with Crippen molar-refractivity contribution in [2.24, 2.45) is 0 Å². The first kappa shape index (κ1) is 13.4. The lowest BCUT2D eigenvalue weighted by atomic mass is 10.3. The lowest BCUT2D eigenvalue weighted by Crippen LogP contribution is -1.99. The molecule has 0 unspecified atom stereocenters. The molecule has 0 fully saturated rings. The van der Waals surface area contributed by atoms with Crippen molar-refractivity contribution >= 4 is 62.1 Å². The van der Waals surface area contributed by atoms with Gasteiger partial charge in [0, 0.05) is 12.7 Å². The Morgan fingerprint density at radius 3 is 2.70 bits per heavy atom. The lowest BCUT2D eigenvalue weighted by Gasteiger charge is -2.10. The Bertz CT molecular complexity index is 772. The van der Waals surface area contributed by atoms with Crippen LogP contribution in [0, 0.1) is 0 Å². The molecule has 20 heavy (non-hydrogen) atoms. The van der Waals surface area contributed by atoms with Gasteiger partial charge < -0.3 is 10.6 Å². The second kappa shape index (κ2) is 5.44. The summed E-state index contributed by atoms with van der Waals surface area (Å²) in [5, 5.41) is 7.08. The molecule has 102 valence electrons. The summed E-state index contributed by atoms with van der Waals surface area (Å²) in [4.78, 5) is 8.60. The van der Waals surface area contributed by atoms with Crippen molar-refractivity contribution < 1.29 is 0 Å². The van der Waals surface area contributed by atoms with Crippen molar-refractivity contribution in [1.29, 1.82) is 0 Å². The van der Waals surface area contributed by atoms with Crippen LogP contribution in [0.3, 0.4) is 0 Å². The first-order chi connectivity index (χ1) is 9.67. The third-order valence-corrected chi connectivity index (χ3v) is 4.13. The van der Waals surface area contributed by atoms with Crippen LogP contribution >= 0.6 is 34.5 Å². The molecular weight excluding hydrogens is 315 g/mol. The first-order valence-electron chi connectivity index (χ1n) is 5.81. The van der Waals surface area contributed by atoms with Crippen LogP contribution in [0.2, 0.25) is 10.0 Å². The molecule has 4 nitrogen and oxygen atoms in total. The first-order valence-corrected chi connectivity index (χ1v) is 7.45. The predicted octanol–water partition coefficient (Wildman–Crippen LogP) is 4.78. The highest BCUT2D eigenvalue weighted by atomic mass is 35.5. The minimum absolute atomic E-state index is 0.471. The molecule has 2 heterocycles. The quantitative estimate of drug-likeness (QED) is 0.727. The van der Waals surface area contributed by atoms with E-state index in [2.05, 4.69) is 20.6 Å². The van der Waals surface area contributed by atoms with Gasteiger partial charge in [-0.05, 0) is 24.3 Å². The highest BCUT2D eigenvalue weighted by Crippen LogP contribution is 2.31. The third-order valence-electron chi connectivity index (χ3n) is 2.76. The zero-order valence-corrected chi connectivity index (χ0v) is 12.8. The maximum atomic E-state index is 6.16. The number of pyridine rings is 1. The van der Waals surface area contributed by atoms with Gasteiger partial charge in [0.2, 0.25) is 0 Å². The van der Waals surface area contributed by atoms with E-state index >= 15 is 0 Å². The second-order valence-corrected chi connectivity index (χ2v) is 5.76. The highest BCUT2D eigenvalue weighted by molar-refractivity contribution is 7.16. The molecule has 3 aromatic rings. The van der Waals surface area contributed by atoms with Crippen LogP contribution in [0.25, 0.3) is 10.2 Å². The Labute approximate surface area is 129 Å². The molecule has 0 radical (unpaired) electrons. The smallest absolute Gasteiger partial charge is 0.151 e. The Balaban J connectivity index is 1.97. The van der Waals surface area contributed by atoms with Gasteiger partial charge in [-0.3, -0.25) is 0 Å². The fourth-order valence-corrected chi connectivity index (χ4v) is 3.02. The molecule has 0 aliphatic heterocycles. The molecule has 7 heteroatoms. The molecule has 0 spiro atoms. The van der Waals surface area contributed by atoms with Gasteiger partial charge >= 0.3 is 0 Å². The zero-order valence-electron chi connectivity index (χ0n) is 10.4.